The molecule has 0 aromatic rings. The van der Waals surface area contributed by atoms with Gasteiger partial charge >= 0.3 is 13.6 Å². The highest BCUT2D eigenvalue weighted by Gasteiger charge is 2.57. The molecule has 18 heavy (non-hydrogen) atoms. The lowest BCUT2D eigenvalue weighted by molar-refractivity contribution is -0.150. The van der Waals surface area contributed by atoms with E-state index < -0.39 is 24.8 Å². The summed E-state index contributed by atoms with van der Waals surface area (Å²) in [7, 11) is -3.87. The molecular weight excluding hydrogens is 257 g/mol. The number of rotatable bonds is 7. The van der Waals surface area contributed by atoms with Gasteiger partial charge in [0.1, 0.15) is 6.07 Å². The molecule has 0 fully saturated rings. The smallest absolute Gasteiger partial charge is 0.389 e. The second kappa shape index (κ2) is 6.89. The number of carbonyl (C=O) groups is 1. The Kier molecular flexibility index (Phi) is 6.55. The lowest BCUT2D eigenvalue weighted by atomic mass is 10.1. The molecule has 7 heteroatoms. The molecule has 0 bridgehead atoms. The van der Waals surface area contributed by atoms with Gasteiger partial charge in [0.2, 0.25) is 0 Å². The van der Waals surface area contributed by atoms with Crippen molar-refractivity contribution in [2.45, 2.75) is 40.0 Å². The molecule has 0 saturated carbocycles. The van der Waals surface area contributed by atoms with Crippen LogP contribution in [0.15, 0.2) is 0 Å². The van der Waals surface area contributed by atoms with Crippen molar-refractivity contribution in [3.8, 4) is 6.07 Å². The average molecular weight is 277 g/mol. The molecule has 1 unspecified atom stereocenters. The highest BCUT2D eigenvalue weighted by molar-refractivity contribution is 7.55. The Morgan fingerprint density at radius 2 is 1.78 bits per heavy atom. The third kappa shape index (κ3) is 3.32. The summed E-state index contributed by atoms with van der Waals surface area (Å²) in [6, 6.07) is 1.80. The summed E-state index contributed by atoms with van der Waals surface area (Å²) in [4.78, 5) is 11.2. The predicted molar refractivity (Wildman–Crippen MR) is 65.8 cm³/mol. The quantitative estimate of drug-likeness (QED) is 0.525. The molecule has 0 amide bonds. The summed E-state index contributed by atoms with van der Waals surface area (Å²) in [5, 5.41) is 7.41. The van der Waals surface area contributed by atoms with Crippen molar-refractivity contribution >= 4 is 13.6 Å². The topological polar surface area (TPSA) is 85.6 Å². The fourth-order valence-electron chi connectivity index (χ4n) is 1.49. The van der Waals surface area contributed by atoms with E-state index in [4.69, 9.17) is 13.8 Å². The van der Waals surface area contributed by atoms with E-state index in [1.807, 2.05) is 0 Å². The minimum atomic E-state index is -3.87. The number of hydrogen-bond acceptors (Lipinski definition) is 6. The van der Waals surface area contributed by atoms with Crippen LogP contribution >= 0.6 is 7.60 Å². The van der Waals surface area contributed by atoms with Gasteiger partial charge in [-0.05, 0) is 13.8 Å². The molecule has 104 valence electrons. The number of nitriles is 1. The molecule has 0 aliphatic carbocycles. The Bertz CT molecular complexity index is 366. The maximum atomic E-state index is 12.7. The second-order valence-electron chi connectivity index (χ2n) is 3.89. The summed E-state index contributed by atoms with van der Waals surface area (Å²) in [6.07, 6.45) is 0. The van der Waals surface area contributed by atoms with Crippen molar-refractivity contribution in [3.63, 3.8) is 0 Å². The molecule has 0 heterocycles. The SMILES string of the molecule is CCOP(=O)(OCC)C(C#N)(OC(C)=O)C(C)C. The summed E-state index contributed by atoms with van der Waals surface area (Å²) in [5.74, 6) is -1.24. The zero-order valence-electron chi connectivity index (χ0n) is 11.4. The molecule has 0 aromatic carbocycles. The Morgan fingerprint density at radius 1 is 1.33 bits per heavy atom. The molecule has 0 aromatic heterocycles. The highest BCUT2D eigenvalue weighted by atomic mass is 31.2. The Labute approximate surface area is 108 Å². The molecule has 0 saturated heterocycles. The van der Waals surface area contributed by atoms with Gasteiger partial charge in [-0.25, -0.2) is 0 Å². The largest absolute Gasteiger partial charge is 0.431 e. The fraction of sp³-hybridized carbons (Fsp3) is 0.818. The minimum absolute atomic E-state index is 0.0920. The number of ether oxygens (including phenoxy) is 1. The standard InChI is InChI=1S/C11H20NO5P/c1-6-15-18(14,16-7-2)11(8-12,9(3)4)17-10(5)13/h9H,6-7H2,1-5H3. The maximum absolute atomic E-state index is 12.7. The van der Waals surface area contributed by atoms with Gasteiger partial charge in [-0.3, -0.25) is 9.36 Å². The first-order chi connectivity index (χ1) is 8.29. The third-order valence-electron chi connectivity index (χ3n) is 2.25. The fourth-order valence-corrected chi connectivity index (χ4v) is 3.62. The monoisotopic (exact) mass is 277 g/mol. The first kappa shape index (κ1) is 17.1. The van der Waals surface area contributed by atoms with Crippen LogP contribution < -0.4 is 0 Å². The first-order valence-electron chi connectivity index (χ1n) is 5.79. The van der Waals surface area contributed by atoms with Crippen molar-refractivity contribution in [1.82, 2.24) is 0 Å². The summed E-state index contributed by atoms with van der Waals surface area (Å²) in [5.41, 5.74) is 0. The van der Waals surface area contributed by atoms with Gasteiger partial charge in [-0.15, -0.1) is 0 Å². The van der Waals surface area contributed by atoms with E-state index in [1.165, 1.54) is 0 Å². The lowest BCUT2D eigenvalue weighted by Gasteiger charge is -2.35. The van der Waals surface area contributed by atoms with Crippen LogP contribution in [0.25, 0.3) is 0 Å². The van der Waals surface area contributed by atoms with Crippen molar-refractivity contribution in [1.29, 1.82) is 5.26 Å². The Morgan fingerprint density at radius 3 is 2.00 bits per heavy atom. The molecular formula is C11H20NO5P. The summed E-state index contributed by atoms with van der Waals surface area (Å²) >= 11 is 0. The van der Waals surface area contributed by atoms with Crippen molar-refractivity contribution < 1.29 is 23.1 Å². The van der Waals surface area contributed by atoms with Crippen molar-refractivity contribution in [3.05, 3.63) is 0 Å². The molecule has 6 nitrogen and oxygen atoms in total. The minimum Gasteiger partial charge on any atom is -0.431 e. The molecule has 0 rings (SSSR count). The van der Waals surface area contributed by atoms with E-state index in [1.54, 1.807) is 33.8 Å². The van der Waals surface area contributed by atoms with Crippen molar-refractivity contribution in [2.24, 2.45) is 5.92 Å². The Balaban J connectivity index is 5.71. The lowest BCUT2D eigenvalue weighted by Crippen LogP contribution is -2.39. The van der Waals surface area contributed by atoms with Crippen LogP contribution in [0.3, 0.4) is 0 Å². The number of nitrogens with zero attached hydrogens (tertiary/aromatic N) is 1. The number of carbonyl (C=O) groups excluding carboxylic acids is 1. The molecule has 0 spiro atoms. The van der Waals surface area contributed by atoms with Gasteiger partial charge in [0.05, 0.1) is 13.2 Å². The predicted octanol–water partition coefficient (Wildman–Crippen LogP) is 2.69. The van der Waals surface area contributed by atoms with E-state index >= 15 is 0 Å². The zero-order chi connectivity index (χ0) is 14.4. The van der Waals surface area contributed by atoms with Gasteiger partial charge < -0.3 is 13.8 Å². The van der Waals surface area contributed by atoms with Gasteiger partial charge in [0.15, 0.2) is 0 Å². The first-order valence-corrected chi connectivity index (χ1v) is 7.33. The third-order valence-corrected chi connectivity index (χ3v) is 4.96. The summed E-state index contributed by atoms with van der Waals surface area (Å²) in [6.45, 7) is 7.83. The average Bonchev–Trinajstić information content (AvgIpc) is 2.25. The molecule has 0 radical (unpaired) electrons. The molecule has 0 N–H and O–H groups in total. The van der Waals surface area contributed by atoms with Crippen LogP contribution in [0.1, 0.15) is 34.6 Å². The van der Waals surface area contributed by atoms with Crippen LogP contribution in [0, 0.1) is 17.2 Å². The molecule has 1 atom stereocenters. The number of hydrogen-bond donors (Lipinski definition) is 0. The van der Waals surface area contributed by atoms with Crippen LogP contribution in [-0.4, -0.2) is 24.5 Å². The van der Waals surface area contributed by atoms with Gasteiger partial charge in [-0.1, -0.05) is 13.8 Å². The van der Waals surface area contributed by atoms with Gasteiger partial charge in [0.25, 0.3) is 5.34 Å². The maximum Gasteiger partial charge on any atom is 0.389 e. The Hall–Kier alpha value is -0.890. The zero-order valence-corrected chi connectivity index (χ0v) is 12.3. The van der Waals surface area contributed by atoms with Crippen LogP contribution in [0.2, 0.25) is 0 Å². The van der Waals surface area contributed by atoms with E-state index in [2.05, 4.69) is 0 Å². The van der Waals surface area contributed by atoms with Crippen molar-refractivity contribution in [2.75, 3.05) is 13.2 Å². The van der Waals surface area contributed by atoms with Crippen LogP contribution in [-0.2, 0) is 23.1 Å². The molecule has 0 aliphatic rings. The molecule has 0 aliphatic heterocycles. The summed E-state index contributed by atoms with van der Waals surface area (Å²) < 4.78 is 27.9. The van der Waals surface area contributed by atoms with E-state index in [0.717, 1.165) is 6.92 Å². The second-order valence-corrected chi connectivity index (χ2v) is 6.07. The van der Waals surface area contributed by atoms with Gasteiger partial charge in [0, 0.05) is 12.8 Å². The van der Waals surface area contributed by atoms with E-state index in [-0.39, 0.29) is 13.2 Å². The van der Waals surface area contributed by atoms with E-state index in [9.17, 15) is 14.6 Å². The van der Waals surface area contributed by atoms with E-state index in [0.29, 0.717) is 0 Å². The highest BCUT2D eigenvalue weighted by Crippen LogP contribution is 2.63. The number of esters is 1. The normalized spacial score (nSPS) is 14.9. The van der Waals surface area contributed by atoms with Crippen LogP contribution in [0.5, 0.6) is 0 Å². The van der Waals surface area contributed by atoms with Gasteiger partial charge in [-0.2, -0.15) is 5.26 Å². The van der Waals surface area contributed by atoms with Crippen LogP contribution in [0.4, 0.5) is 0 Å².